The highest BCUT2D eigenvalue weighted by Crippen LogP contribution is 2.18. The maximum absolute atomic E-state index is 12.3. The number of nitrogens with one attached hydrogen (secondary N) is 1. The number of hydrogen-bond acceptors (Lipinski definition) is 4. The SMILES string of the molecule is CCOC(=O)CC(NC)C(=O)c1ccc(Cl)c(C)c1. The van der Waals surface area contributed by atoms with Gasteiger partial charge in [0.25, 0.3) is 0 Å². The third-order valence-corrected chi connectivity index (χ3v) is 3.21. The van der Waals surface area contributed by atoms with E-state index in [0.717, 1.165) is 5.56 Å². The number of Topliss-reactive ketones (excluding diaryl/α,β-unsaturated/α-hetero) is 1. The molecule has 0 radical (unpaired) electrons. The Morgan fingerprint density at radius 2 is 2.11 bits per heavy atom. The fourth-order valence-electron chi connectivity index (χ4n) is 1.71. The molecule has 0 bridgehead atoms. The summed E-state index contributed by atoms with van der Waals surface area (Å²) in [6, 6.07) is 4.48. The van der Waals surface area contributed by atoms with Crippen molar-refractivity contribution in [2.75, 3.05) is 13.7 Å². The molecule has 0 saturated heterocycles. The Balaban J connectivity index is 2.83. The molecule has 1 atom stereocenters. The minimum Gasteiger partial charge on any atom is -0.466 e. The highest BCUT2D eigenvalue weighted by molar-refractivity contribution is 6.31. The van der Waals surface area contributed by atoms with Gasteiger partial charge in [-0.05, 0) is 44.7 Å². The Morgan fingerprint density at radius 3 is 2.63 bits per heavy atom. The Kier molecular flexibility index (Phi) is 5.99. The minimum absolute atomic E-state index is 0.0187. The summed E-state index contributed by atoms with van der Waals surface area (Å²) in [4.78, 5) is 23.7. The van der Waals surface area contributed by atoms with Gasteiger partial charge in [-0.1, -0.05) is 11.6 Å². The van der Waals surface area contributed by atoms with Crippen molar-refractivity contribution in [2.24, 2.45) is 0 Å². The van der Waals surface area contributed by atoms with Crippen molar-refractivity contribution in [3.8, 4) is 0 Å². The molecule has 0 fully saturated rings. The van der Waals surface area contributed by atoms with Crippen LogP contribution in [-0.4, -0.2) is 31.4 Å². The molecular weight excluding hydrogens is 266 g/mol. The second-order valence-corrected chi connectivity index (χ2v) is 4.59. The Hall–Kier alpha value is -1.39. The topological polar surface area (TPSA) is 55.4 Å². The maximum Gasteiger partial charge on any atom is 0.307 e. The molecule has 0 aliphatic heterocycles. The number of carbonyl (C=O) groups excluding carboxylic acids is 2. The van der Waals surface area contributed by atoms with Crippen LogP contribution in [0.4, 0.5) is 0 Å². The van der Waals surface area contributed by atoms with E-state index in [1.54, 1.807) is 32.2 Å². The first-order valence-corrected chi connectivity index (χ1v) is 6.50. The molecule has 1 unspecified atom stereocenters. The van der Waals surface area contributed by atoms with Gasteiger partial charge >= 0.3 is 5.97 Å². The molecule has 5 heteroatoms. The van der Waals surface area contributed by atoms with E-state index in [1.807, 2.05) is 6.92 Å². The molecule has 0 aliphatic carbocycles. The zero-order valence-corrected chi connectivity index (χ0v) is 12.1. The molecule has 0 spiro atoms. The molecule has 0 aromatic heterocycles. The van der Waals surface area contributed by atoms with Gasteiger partial charge in [0.05, 0.1) is 19.1 Å². The summed E-state index contributed by atoms with van der Waals surface area (Å²) in [7, 11) is 1.64. The molecule has 1 aromatic carbocycles. The molecule has 0 saturated carbocycles. The van der Waals surface area contributed by atoms with E-state index in [9.17, 15) is 9.59 Å². The fraction of sp³-hybridized carbons (Fsp3) is 0.429. The van der Waals surface area contributed by atoms with Crippen molar-refractivity contribution in [3.05, 3.63) is 34.3 Å². The van der Waals surface area contributed by atoms with Gasteiger partial charge in [0.2, 0.25) is 0 Å². The van der Waals surface area contributed by atoms with E-state index >= 15 is 0 Å². The normalized spacial score (nSPS) is 12.0. The van der Waals surface area contributed by atoms with Gasteiger partial charge in [-0.25, -0.2) is 0 Å². The minimum atomic E-state index is -0.584. The summed E-state index contributed by atoms with van der Waals surface area (Å²) in [6.07, 6.45) is 0.0187. The number of ketones is 1. The molecule has 104 valence electrons. The lowest BCUT2D eigenvalue weighted by molar-refractivity contribution is -0.143. The highest BCUT2D eigenvalue weighted by atomic mass is 35.5. The molecule has 1 rings (SSSR count). The van der Waals surface area contributed by atoms with Gasteiger partial charge in [0, 0.05) is 10.6 Å². The zero-order chi connectivity index (χ0) is 14.4. The number of benzene rings is 1. The molecule has 4 nitrogen and oxygen atoms in total. The first-order valence-electron chi connectivity index (χ1n) is 6.12. The molecule has 1 aromatic rings. The monoisotopic (exact) mass is 283 g/mol. The summed E-state index contributed by atoms with van der Waals surface area (Å²) in [5, 5.41) is 3.45. The number of aryl methyl sites for hydroxylation is 1. The van der Waals surface area contributed by atoms with Crippen LogP contribution >= 0.6 is 11.6 Å². The van der Waals surface area contributed by atoms with Gasteiger partial charge in [0.1, 0.15) is 0 Å². The van der Waals surface area contributed by atoms with E-state index in [1.165, 1.54) is 0 Å². The lowest BCUT2D eigenvalue weighted by Crippen LogP contribution is -2.36. The number of rotatable bonds is 6. The largest absolute Gasteiger partial charge is 0.466 e. The van der Waals surface area contributed by atoms with Crippen LogP contribution in [0.3, 0.4) is 0 Å². The van der Waals surface area contributed by atoms with E-state index in [4.69, 9.17) is 16.3 Å². The second kappa shape index (κ2) is 7.26. The number of esters is 1. The van der Waals surface area contributed by atoms with Crippen LogP contribution in [0.5, 0.6) is 0 Å². The van der Waals surface area contributed by atoms with Crippen molar-refractivity contribution in [1.82, 2.24) is 5.32 Å². The molecule has 1 N–H and O–H groups in total. The number of ether oxygens (including phenoxy) is 1. The van der Waals surface area contributed by atoms with Crippen LogP contribution in [0.1, 0.15) is 29.3 Å². The molecule has 0 aliphatic rings. The van der Waals surface area contributed by atoms with Crippen molar-refractivity contribution < 1.29 is 14.3 Å². The Morgan fingerprint density at radius 1 is 1.42 bits per heavy atom. The van der Waals surface area contributed by atoms with Gasteiger partial charge in [-0.2, -0.15) is 0 Å². The van der Waals surface area contributed by atoms with Crippen LogP contribution in [0.2, 0.25) is 5.02 Å². The molecular formula is C14H18ClNO3. The number of carbonyl (C=O) groups is 2. The van der Waals surface area contributed by atoms with Crippen LogP contribution in [-0.2, 0) is 9.53 Å². The molecule has 19 heavy (non-hydrogen) atoms. The quantitative estimate of drug-likeness (QED) is 0.643. The zero-order valence-electron chi connectivity index (χ0n) is 11.3. The smallest absolute Gasteiger partial charge is 0.307 e. The van der Waals surface area contributed by atoms with E-state index in [-0.39, 0.29) is 18.2 Å². The number of likely N-dealkylation sites (N-methyl/N-ethyl adjacent to an activating group) is 1. The summed E-state index contributed by atoms with van der Waals surface area (Å²) in [6.45, 7) is 3.87. The second-order valence-electron chi connectivity index (χ2n) is 4.18. The van der Waals surface area contributed by atoms with Crippen LogP contribution < -0.4 is 5.32 Å². The van der Waals surface area contributed by atoms with Gasteiger partial charge in [0.15, 0.2) is 5.78 Å². The third kappa shape index (κ3) is 4.33. The standard InChI is InChI=1S/C14H18ClNO3/c1-4-19-13(17)8-12(16-3)14(18)10-5-6-11(15)9(2)7-10/h5-7,12,16H,4,8H2,1-3H3. The molecule has 0 amide bonds. The van der Waals surface area contributed by atoms with E-state index in [0.29, 0.717) is 17.2 Å². The Bertz CT molecular complexity index is 474. The van der Waals surface area contributed by atoms with Crippen molar-refractivity contribution >= 4 is 23.4 Å². The van der Waals surface area contributed by atoms with Gasteiger partial charge in [-0.3, -0.25) is 9.59 Å². The average molecular weight is 284 g/mol. The summed E-state index contributed by atoms with van der Waals surface area (Å²) in [5.74, 6) is -0.531. The van der Waals surface area contributed by atoms with Crippen LogP contribution in [0.25, 0.3) is 0 Å². The lowest BCUT2D eigenvalue weighted by Gasteiger charge is -2.14. The lowest BCUT2D eigenvalue weighted by atomic mass is 10.0. The summed E-state index contributed by atoms with van der Waals surface area (Å²) in [5.41, 5.74) is 1.36. The van der Waals surface area contributed by atoms with Crippen LogP contribution in [0, 0.1) is 6.92 Å². The van der Waals surface area contributed by atoms with Crippen molar-refractivity contribution in [1.29, 1.82) is 0 Å². The highest BCUT2D eigenvalue weighted by Gasteiger charge is 2.22. The predicted molar refractivity (Wildman–Crippen MR) is 74.6 cm³/mol. The van der Waals surface area contributed by atoms with Gasteiger partial charge < -0.3 is 10.1 Å². The van der Waals surface area contributed by atoms with E-state index < -0.39 is 6.04 Å². The van der Waals surface area contributed by atoms with Crippen molar-refractivity contribution in [3.63, 3.8) is 0 Å². The fourth-order valence-corrected chi connectivity index (χ4v) is 1.83. The maximum atomic E-state index is 12.3. The van der Waals surface area contributed by atoms with Crippen LogP contribution in [0.15, 0.2) is 18.2 Å². The number of hydrogen-bond donors (Lipinski definition) is 1. The Labute approximate surface area is 118 Å². The molecule has 0 heterocycles. The first kappa shape index (κ1) is 15.7. The summed E-state index contributed by atoms with van der Waals surface area (Å²) < 4.78 is 4.85. The third-order valence-electron chi connectivity index (χ3n) is 2.78. The van der Waals surface area contributed by atoms with Gasteiger partial charge in [-0.15, -0.1) is 0 Å². The number of halogens is 1. The summed E-state index contributed by atoms with van der Waals surface area (Å²) >= 11 is 5.92. The van der Waals surface area contributed by atoms with Crippen molar-refractivity contribution in [2.45, 2.75) is 26.3 Å². The average Bonchev–Trinajstić information content (AvgIpc) is 2.38. The first-order chi connectivity index (χ1) is 8.99. The predicted octanol–water partition coefficient (Wildman–Crippen LogP) is 2.37. The van der Waals surface area contributed by atoms with E-state index in [2.05, 4.69) is 5.32 Å².